The second kappa shape index (κ2) is 4.87. The van der Waals surface area contributed by atoms with Gasteiger partial charge in [0.15, 0.2) is 4.60 Å². The molecule has 1 fully saturated rings. The van der Waals surface area contributed by atoms with Gasteiger partial charge in [-0.25, -0.2) is 13.1 Å². The van der Waals surface area contributed by atoms with E-state index in [0.717, 1.165) is 0 Å². The van der Waals surface area contributed by atoms with Crippen molar-refractivity contribution in [1.29, 1.82) is 0 Å². The SMILES string of the molecule is CC1CN(S(=O)(=O)c2c(Br)nnn2C)C(C)CN1. The molecular weight excluding hydrogens is 322 g/mol. The van der Waals surface area contributed by atoms with Crippen molar-refractivity contribution in [2.24, 2.45) is 7.05 Å². The third kappa shape index (κ3) is 2.31. The maximum Gasteiger partial charge on any atom is 0.263 e. The van der Waals surface area contributed by atoms with Crippen molar-refractivity contribution in [3.8, 4) is 0 Å². The summed E-state index contributed by atoms with van der Waals surface area (Å²) < 4.78 is 28.3. The quantitative estimate of drug-likeness (QED) is 0.818. The van der Waals surface area contributed by atoms with Crippen molar-refractivity contribution in [3.05, 3.63) is 4.60 Å². The molecular formula is C9H16BrN5O2S. The fourth-order valence-electron chi connectivity index (χ4n) is 2.03. The molecule has 18 heavy (non-hydrogen) atoms. The molecule has 0 aliphatic carbocycles. The van der Waals surface area contributed by atoms with Gasteiger partial charge in [0, 0.05) is 32.2 Å². The van der Waals surface area contributed by atoms with Crippen LogP contribution in [-0.4, -0.2) is 52.9 Å². The van der Waals surface area contributed by atoms with Gasteiger partial charge >= 0.3 is 0 Å². The van der Waals surface area contributed by atoms with Gasteiger partial charge < -0.3 is 5.32 Å². The number of sulfonamides is 1. The van der Waals surface area contributed by atoms with Crippen molar-refractivity contribution in [2.75, 3.05) is 13.1 Å². The maximum absolute atomic E-state index is 12.6. The molecule has 102 valence electrons. The van der Waals surface area contributed by atoms with Gasteiger partial charge in [-0.1, -0.05) is 5.21 Å². The monoisotopic (exact) mass is 337 g/mol. The normalized spacial score (nSPS) is 26.4. The molecule has 1 aromatic heterocycles. The standard InChI is InChI=1S/C9H16BrN5O2S/c1-6-5-15(7(2)4-11-6)18(16,17)9-8(10)12-13-14(9)3/h6-7,11H,4-5H2,1-3H3. The lowest BCUT2D eigenvalue weighted by Crippen LogP contribution is -2.56. The first kappa shape index (κ1) is 13.9. The molecule has 0 saturated carbocycles. The number of nitrogens with one attached hydrogen (secondary N) is 1. The van der Waals surface area contributed by atoms with E-state index in [9.17, 15) is 8.42 Å². The van der Waals surface area contributed by atoms with Crippen LogP contribution in [0.1, 0.15) is 13.8 Å². The molecule has 2 unspecified atom stereocenters. The number of piperazine rings is 1. The lowest BCUT2D eigenvalue weighted by molar-refractivity contribution is 0.243. The molecule has 2 heterocycles. The number of hydrogen-bond donors (Lipinski definition) is 1. The third-order valence-electron chi connectivity index (χ3n) is 3.00. The molecule has 2 atom stereocenters. The van der Waals surface area contributed by atoms with Crippen LogP contribution in [0.25, 0.3) is 0 Å². The second-order valence-electron chi connectivity index (χ2n) is 4.54. The highest BCUT2D eigenvalue weighted by Gasteiger charge is 2.37. The first-order valence-corrected chi connectivity index (χ1v) is 7.87. The van der Waals surface area contributed by atoms with E-state index in [0.29, 0.717) is 13.1 Å². The van der Waals surface area contributed by atoms with Crippen LogP contribution in [0, 0.1) is 0 Å². The van der Waals surface area contributed by atoms with Crippen LogP contribution >= 0.6 is 15.9 Å². The average Bonchev–Trinajstić information content (AvgIpc) is 2.62. The van der Waals surface area contributed by atoms with E-state index >= 15 is 0 Å². The first-order chi connectivity index (χ1) is 8.34. The number of halogens is 1. The molecule has 0 bridgehead atoms. The molecule has 0 spiro atoms. The Morgan fingerprint density at radius 3 is 2.67 bits per heavy atom. The van der Waals surface area contributed by atoms with E-state index in [1.165, 1.54) is 8.99 Å². The lowest BCUT2D eigenvalue weighted by Gasteiger charge is -2.36. The number of hydrogen-bond acceptors (Lipinski definition) is 5. The fraction of sp³-hybridized carbons (Fsp3) is 0.778. The van der Waals surface area contributed by atoms with Crippen LogP contribution in [0.4, 0.5) is 0 Å². The van der Waals surface area contributed by atoms with E-state index in [1.54, 1.807) is 7.05 Å². The van der Waals surface area contributed by atoms with E-state index in [-0.39, 0.29) is 21.7 Å². The first-order valence-electron chi connectivity index (χ1n) is 5.64. The van der Waals surface area contributed by atoms with Gasteiger partial charge in [-0.2, -0.15) is 4.31 Å². The molecule has 1 aliphatic rings. The highest BCUT2D eigenvalue weighted by Crippen LogP contribution is 2.24. The van der Waals surface area contributed by atoms with Crippen LogP contribution in [0.2, 0.25) is 0 Å². The van der Waals surface area contributed by atoms with Crippen LogP contribution in [0.5, 0.6) is 0 Å². The molecule has 1 N–H and O–H groups in total. The van der Waals surface area contributed by atoms with Crippen molar-refractivity contribution in [3.63, 3.8) is 0 Å². The molecule has 2 rings (SSSR count). The van der Waals surface area contributed by atoms with Crippen LogP contribution in [0.3, 0.4) is 0 Å². The molecule has 7 nitrogen and oxygen atoms in total. The molecule has 0 radical (unpaired) electrons. The Labute approximate surface area is 115 Å². The summed E-state index contributed by atoms with van der Waals surface area (Å²) in [6.45, 7) is 4.93. The molecule has 0 amide bonds. The Morgan fingerprint density at radius 1 is 1.44 bits per heavy atom. The highest BCUT2D eigenvalue weighted by molar-refractivity contribution is 9.10. The fourth-order valence-corrected chi connectivity index (χ4v) is 4.79. The minimum Gasteiger partial charge on any atom is -0.311 e. The number of nitrogens with zero attached hydrogens (tertiary/aromatic N) is 4. The Kier molecular flexibility index (Phi) is 3.77. The van der Waals surface area contributed by atoms with Gasteiger partial charge in [-0.3, -0.25) is 0 Å². The predicted molar refractivity (Wildman–Crippen MR) is 69.5 cm³/mol. The van der Waals surface area contributed by atoms with Gasteiger partial charge in [0.2, 0.25) is 5.03 Å². The summed E-state index contributed by atoms with van der Waals surface area (Å²) in [5, 5.41) is 10.8. The highest BCUT2D eigenvalue weighted by atomic mass is 79.9. The van der Waals surface area contributed by atoms with Gasteiger partial charge in [0.05, 0.1) is 0 Å². The van der Waals surface area contributed by atoms with Crippen molar-refractivity contribution in [2.45, 2.75) is 31.0 Å². The Balaban J connectivity index is 2.42. The summed E-state index contributed by atoms with van der Waals surface area (Å²) >= 11 is 3.14. The van der Waals surface area contributed by atoms with E-state index in [4.69, 9.17) is 0 Å². The maximum atomic E-state index is 12.6. The van der Waals surface area contributed by atoms with Crippen LogP contribution in [0.15, 0.2) is 9.63 Å². The van der Waals surface area contributed by atoms with Gasteiger partial charge in [0.25, 0.3) is 10.0 Å². The Hall–Kier alpha value is -0.510. The van der Waals surface area contributed by atoms with Crippen LogP contribution in [-0.2, 0) is 17.1 Å². The third-order valence-corrected chi connectivity index (χ3v) is 5.87. The number of aromatic nitrogens is 3. The summed E-state index contributed by atoms with van der Waals surface area (Å²) in [4.78, 5) is 0. The number of aryl methyl sites for hydroxylation is 1. The van der Waals surface area contributed by atoms with E-state index < -0.39 is 10.0 Å². The molecule has 1 aliphatic heterocycles. The van der Waals surface area contributed by atoms with E-state index in [1.807, 2.05) is 13.8 Å². The van der Waals surface area contributed by atoms with Crippen molar-refractivity contribution >= 4 is 26.0 Å². The molecule has 1 saturated heterocycles. The molecule has 9 heteroatoms. The smallest absolute Gasteiger partial charge is 0.263 e. The average molecular weight is 338 g/mol. The minimum atomic E-state index is -3.58. The summed E-state index contributed by atoms with van der Waals surface area (Å²) in [5.74, 6) is 0. The summed E-state index contributed by atoms with van der Waals surface area (Å²) in [6.07, 6.45) is 0. The van der Waals surface area contributed by atoms with Crippen LogP contribution < -0.4 is 5.32 Å². The molecule has 1 aromatic rings. The van der Waals surface area contributed by atoms with Gasteiger partial charge in [-0.15, -0.1) is 5.10 Å². The second-order valence-corrected chi connectivity index (χ2v) is 7.10. The van der Waals surface area contributed by atoms with E-state index in [2.05, 4.69) is 31.6 Å². The Morgan fingerprint density at radius 2 is 2.11 bits per heavy atom. The zero-order valence-corrected chi connectivity index (χ0v) is 12.9. The largest absolute Gasteiger partial charge is 0.311 e. The predicted octanol–water partition coefficient (Wildman–Crippen LogP) is -0.0515. The zero-order valence-electron chi connectivity index (χ0n) is 10.5. The van der Waals surface area contributed by atoms with Gasteiger partial charge in [-0.05, 0) is 29.8 Å². The minimum absolute atomic E-state index is 0.0898. The number of rotatable bonds is 2. The Bertz CT molecular complexity index is 524. The summed E-state index contributed by atoms with van der Waals surface area (Å²) in [5.41, 5.74) is 0. The van der Waals surface area contributed by atoms with Crippen molar-refractivity contribution in [1.82, 2.24) is 24.6 Å². The lowest BCUT2D eigenvalue weighted by atomic mass is 10.2. The van der Waals surface area contributed by atoms with Gasteiger partial charge in [0.1, 0.15) is 0 Å². The zero-order chi connectivity index (χ0) is 13.5. The molecule has 0 aromatic carbocycles. The summed E-state index contributed by atoms with van der Waals surface area (Å²) in [7, 11) is -2.01. The van der Waals surface area contributed by atoms with Crippen molar-refractivity contribution < 1.29 is 8.42 Å². The topological polar surface area (TPSA) is 80.1 Å². The summed E-state index contributed by atoms with van der Waals surface area (Å²) in [6, 6.07) is 0.0453.